The van der Waals surface area contributed by atoms with Crippen molar-refractivity contribution in [2.45, 2.75) is 38.0 Å². The summed E-state index contributed by atoms with van der Waals surface area (Å²) < 4.78 is 25.0. The van der Waals surface area contributed by atoms with E-state index in [1.165, 1.54) is 0 Å². The second-order valence-electron chi connectivity index (χ2n) is 4.49. The molecule has 1 saturated heterocycles. The third-order valence-corrected chi connectivity index (χ3v) is 3.30. The zero-order chi connectivity index (χ0) is 12.3. The van der Waals surface area contributed by atoms with Crippen LogP contribution in [-0.2, 0) is 6.54 Å². The van der Waals surface area contributed by atoms with E-state index in [-0.39, 0.29) is 0 Å². The van der Waals surface area contributed by atoms with Crippen molar-refractivity contribution in [2.75, 3.05) is 6.54 Å². The highest BCUT2D eigenvalue weighted by Gasteiger charge is 2.35. The van der Waals surface area contributed by atoms with E-state index in [1.807, 2.05) is 35.2 Å². The molecular weight excluding hydrogens is 224 g/mol. The van der Waals surface area contributed by atoms with Crippen molar-refractivity contribution < 1.29 is 13.9 Å². The molecular formula is C13H17F2NO. The molecule has 0 spiro atoms. The summed E-state index contributed by atoms with van der Waals surface area (Å²) in [6, 6.07) is 9.34. The van der Waals surface area contributed by atoms with Crippen molar-refractivity contribution in [3.63, 3.8) is 0 Å². The first-order valence-electron chi connectivity index (χ1n) is 5.92. The summed E-state index contributed by atoms with van der Waals surface area (Å²) in [4.78, 5) is 1.95. The zero-order valence-electron chi connectivity index (χ0n) is 9.60. The lowest BCUT2D eigenvalue weighted by molar-refractivity contribution is -0.0484. The molecule has 0 amide bonds. The summed E-state index contributed by atoms with van der Waals surface area (Å²) in [6.07, 6.45) is -2.66. The van der Waals surface area contributed by atoms with Crippen LogP contribution in [0.3, 0.4) is 0 Å². The molecule has 0 bridgehead atoms. The Morgan fingerprint density at radius 2 is 2.00 bits per heavy atom. The Morgan fingerprint density at radius 1 is 1.29 bits per heavy atom. The fraction of sp³-hybridized carbons (Fsp3) is 0.538. The third-order valence-electron chi connectivity index (χ3n) is 3.30. The molecule has 1 N–H and O–H groups in total. The van der Waals surface area contributed by atoms with Crippen molar-refractivity contribution in [2.24, 2.45) is 0 Å². The van der Waals surface area contributed by atoms with Gasteiger partial charge in [-0.25, -0.2) is 8.78 Å². The second-order valence-corrected chi connectivity index (χ2v) is 4.49. The highest BCUT2D eigenvalue weighted by Crippen LogP contribution is 2.25. The van der Waals surface area contributed by atoms with E-state index < -0.39 is 18.6 Å². The van der Waals surface area contributed by atoms with Crippen LogP contribution in [0.5, 0.6) is 0 Å². The first kappa shape index (κ1) is 12.5. The Kier molecular flexibility index (Phi) is 4.07. The lowest BCUT2D eigenvalue weighted by Crippen LogP contribution is -2.42. The smallest absolute Gasteiger partial charge is 0.265 e. The van der Waals surface area contributed by atoms with Crippen LogP contribution in [0.25, 0.3) is 0 Å². The van der Waals surface area contributed by atoms with Gasteiger partial charge in [0.2, 0.25) is 0 Å². The van der Waals surface area contributed by atoms with Gasteiger partial charge in [-0.3, -0.25) is 4.90 Å². The topological polar surface area (TPSA) is 23.5 Å². The minimum absolute atomic E-state index is 0.407. The number of rotatable bonds is 4. The average molecular weight is 241 g/mol. The van der Waals surface area contributed by atoms with Crippen LogP contribution >= 0.6 is 0 Å². The van der Waals surface area contributed by atoms with Gasteiger partial charge in [0.05, 0.1) is 0 Å². The van der Waals surface area contributed by atoms with E-state index in [1.54, 1.807) is 0 Å². The second kappa shape index (κ2) is 5.56. The molecule has 1 aliphatic rings. The minimum Gasteiger partial charge on any atom is -0.386 e. The van der Waals surface area contributed by atoms with Gasteiger partial charge >= 0.3 is 0 Å². The van der Waals surface area contributed by atoms with Crippen LogP contribution in [0.15, 0.2) is 30.3 Å². The van der Waals surface area contributed by atoms with E-state index in [0.717, 1.165) is 18.5 Å². The Balaban J connectivity index is 2.00. The number of hydrogen-bond donors (Lipinski definition) is 1. The van der Waals surface area contributed by atoms with E-state index >= 15 is 0 Å². The number of benzene rings is 1. The highest BCUT2D eigenvalue weighted by molar-refractivity contribution is 5.15. The Morgan fingerprint density at radius 3 is 2.65 bits per heavy atom. The van der Waals surface area contributed by atoms with Gasteiger partial charge in [0.1, 0.15) is 6.10 Å². The van der Waals surface area contributed by atoms with E-state index in [0.29, 0.717) is 13.0 Å². The molecule has 1 heterocycles. The quantitative estimate of drug-likeness (QED) is 0.874. The summed E-state index contributed by atoms with van der Waals surface area (Å²) in [5, 5.41) is 9.48. The molecule has 4 heteroatoms. The molecule has 2 unspecified atom stereocenters. The molecule has 0 saturated carbocycles. The summed E-state index contributed by atoms with van der Waals surface area (Å²) >= 11 is 0. The van der Waals surface area contributed by atoms with Gasteiger partial charge in [0.25, 0.3) is 6.43 Å². The van der Waals surface area contributed by atoms with E-state index in [4.69, 9.17) is 0 Å². The van der Waals surface area contributed by atoms with Crippen molar-refractivity contribution in [3.8, 4) is 0 Å². The number of nitrogens with zero attached hydrogens (tertiary/aromatic N) is 1. The van der Waals surface area contributed by atoms with Crippen LogP contribution in [0, 0.1) is 0 Å². The first-order valence-corrected chi connectivity index (χ1v) is 5.92. The molecule has 1 aromatic rings. The van der Waals surface area contributed by atoms with Crippen LogP contribution in [-0.4, -0.2) is 35.1 Å². The molecule has 0 aromatic heterocycles. The average Bonchev–Trinajstić information content (AvgIpc) is 2.77. The largest absolute Gasteiger partial charge is 0.386 e. The molecule has 17 heavy (non-hydrogen) atoms. The van der Waals surface area contributed by atoms with Gasteiger partial charge in [-0.2, -0.15) is 0 Å². The standard InChI is InChI=1S/C13H17F2NO/c14-13(15)12(17)11-7-4-8-16(11)9-10-5-2-1-3-6-10/h1-3,5-6,11-13,17H,4,7-9H2. The maximum atomic E-state index is 12.5. The van der Waals surface area contributed by atoms with Crippen LogP contribution in [0.2, 0.25) is 0 Å². The third kappa shape index (κ3) is 3.01. The normalized spacial score (nSPS) is 23.2. The molecule has 1 aromatic carbocycles. The van der Waals surface area contributed by atoms with Gasteiger partial charge in [0.15, 0.2) is 0 Å². The van der Waals surface area contributed by atoms with Crippen molar-refractivity contribution in [1.82, 2.24) is 4.90 Å². The van der Waals surface area contributed by atoms with Gasteiger partial charge < -0.3 is 5.11 Å². The molecule has 1 aliphatic heterocycles. The van der Waals surface area contributed by atoms with Gasteiger partial charge in [0, 0.05) is 12.6 Å². The summed E-state index contributed by atoms with van der Waals surface area (Å²) in [5.74, 6) is 0. The van der Waals surface area contributed by atoms with Crippen molar-refractivity contribution >= 4 is 0 Å². The fourth-order valence-electron chi connectivity index (χ4n) is 2.42. The Labute approximate surface area is 99.9 Å². The minimum atomic E-state index is -2.66. The monoisotopic (exact) mass is 241 g/mol. The van der Waals surface area contributed by atoms with Gasteiger partial charge in [-0.1, -0.05) is 30.3 Å². The van der Waals surface area contributed by atoms with Crippen LogP contribution in [0.1, 0.15) is 18.4 Å². The number of halogens is 2. The van der Waals surface area contributed by atoms with E-state index in [9.17, 15) is 13.9 Å². The van der Waals surface area contributed by atoms with Crippen LogP contribution < -0.4 is 0 Å². The molecule has 0 radical (unpaired) electrons. The molecule has 1 fully saturated rings. The van der Waals surface area contributed by atoms with Gasteiger partial charge in [-0.05, 0) is 24.9 Å². The zero-order valence-corrected chi connectivity index (χ0v) is 9.60. The summed E-state index contributed by atoms with van der Waals surface area (Å²) in [5.41, 5.74) is 1.10. The first-order chi connectivity index (χ1) is 8.18. The number of aliphatic hydroxyl groups is 1. The predicted molar refractivity (Wildman–Crippen MR) is 61.9 cm³/mol. The molecule has 0 aliphatic carbocycles. The van der Waals surface area contributed by atoms with E-state index in [2.05, 4.69) is 0 Å². The van der Waals surface area contributed by atoms with Crippen molar-refractivity contribution in [1.29, 1.82) is 0 Å². The summed E-state index contributed by atoms with van der Waals surface area (Å²) in [6.45, 7) is 1.42. The Bertz CT molecular complexity index is 345. The van der Waals surface area contributed by atoms with Gasteiger partial charge in [-0.15, -0.1) is 0 Å². The number of alkyl halides is 2. The number of likely N-dealkylation sites (tertiary alicyclic amines) is 1. The maximum absolute atomic E-state index is 12.5. The lowest BCUT2D eigenvalue weighted by atomic mass is 10.1. The fourth-order valence-corrected chi connectivity index (χ4v) is 2.42. The molecule has 94 valence electrons. The molecule has 2 rings (SSSR count). The Hall–Kier alpha value is -1.00. The molecule has 2 atom stereocenters. The molecule has 2 nitrogen and oxygen atoms in total. The van der Waals surface area contributed by atoms with Crippen molar-refractivity contribution in [3.05, 3.63) is 35.9 Å². The SMILES string of the molecule is OC(C(F)F)C1CCCN1Cc1ccccc1. The lowest BCUT2D eigenvalue weighted by Gasteiger charge is -2.28. The highest BCUT2D eigenvalue weighted by atomic mass is 19.3. The summed E-state index contributed by atoms with van der Waals surface area (Å²) in [7, 11) is 0. The number of aliphatic hydroxyl groups excluding tert-OH is 1. The predicted octanol–water partition coefficient (Wildman–Crippen LogP) is 2.28. The number of hydrogen-bond acceptors (Lipinski definition) is 2. The maximum Gasteiger partial charge on any atom is 0.265 e. The van der Waals surface area contributed by atoms with Crippen LogP contribution in [0.4, 0.5) is 8.78 Å².